The summed E-state index contributed by atoms with van der Waals surface area (Å²) >= 11 is 0. The van der Waals surface area contributed by atoms with Crippen molar-refractivity contribution in [2.75, 3.05) is 13.2 Å². The van der Waals surface area contributed by atoms with Crippen LogP contribution in [0, 0.1) is 17.0 Å². The first kappa shape index (κ1) is 16.2. The van der Waals surface area contributed by atoms with Crippen molar-refractivity contribution in [3.8, 4) is 0 Å². The Balaban J connectivity index is 2.09. The van der Waals surface area contributed by atoms with Crippen LogP contribution in [-0.4, -0.2) is 40.2 Å². The highest BCUT2D eigenvalue weighted by atomic mass is 16.6. The van der Waals surface area contributed by atoms with E-state index in [9.17, 15) is 20.0 Å². The highest BCUT2D eigenvalue weighted by Crippen LogP contribution is 2.24. The molecule has 2 rings (SSSR count). The average molecular weight is 307 g/mol. The minimum atomic E-state index is -0.421. The number of carbonyl (C=O) groups is 1. The zero-order valence-electron chi connectivity index (χ0n) is 12.8. The van der Waals surface area contributed by atoms with E-state index in [2.05, 4.69) is 5.32 Å². The van der Waals surface area contributed by atoms with Crippen LogP contribution < -0.4 is 5.32 Å². The number of amides is 2. The number of hydrogen-bond acceptors (Lipinski definition) is 4. The minimum Gasteiger partial charge on any atom is -0.394 e. The number of aryl methyl sites for hydroxylation is 1. The van der Waals surface area contributed by atoms with Crippen LogP contribution in [0.3, 0.4) is 0 Å². The van der Waals surface area contributed by atoms with E-state index >= 15 is 0 Å². The average Bonchev–Trinajstić information content (AvgIpc) is 2.95. The van der Waals surface area contributed by atoms with Crippen molar-refractivity contribution < 1.29 is 14.8 Å². The number of benzene rings is 1. The molecule has 7 heteroatoms. The molecule has 0 saturated carbocycles. The molecule has 1 aliphatic heterocycles. The van der Waals surface area contributed by atoms with Crippen LogP contribution in [0.2, 0.25) is 0 Å². The molecule has 120 valence electrons. The Bertz CT molecular complexity index is 576. The SMILES string of the molecule is Cc1ccc([C@@H](C)NC(=O)N2CCC[C@@H]2CO)cc1[N+](=O)[O-]. The maximum atomic E-state index is 12.3. The van der Waals surface area contributed by atoms with Gasteiger partial charge < -0.3 is 15.3 Å². The fourth-order valence-electron chi connectivity index (χ4n) is 2.74. The lowest BCUT2D eigenvalue weighted by molar-refractivity contribution is -0.385. The Kier molecular flexibility index (Phi) is 4.97. The Labute approximate surface area is 129 Å². The predicted molar refractivity (Wildman–Crippen MR) is 81.6 cm³/mol. The van der Waals surface area contributed by atoms with E-state index in [1.165, 1.54) is 6.07 Å². The number of aliphatic hydroxyl groups is 1. The van der Waals surface area contributed by atoms with Gasteiger partial charge in [-0.2, -0.15) is 0 Å². The molecule has 0 spiro atoms. The molecule has 1 heterocycles. The van der Waals surface area contributed by atoms with E-state index in [-0.39, 0.29) is 30.4 Å². The molecule has 2 amide bonds. The molecule has 0 bridgehead atoms. The summed E-state index contributed by atoms with van der Waals surface area (Å²) in [5.74, 6) is 0. The predicted octanol–water partition coefficient (Wildman–Crippen LogP) is 2.13. The number of aliphatic hydroxyl groups excluding tert-OH is 1. The lowest BCUT2D eigenvalue weighted by Gasteiger charge is -2.25. The second-order valence-corrected chi connectivity index (χ2v) is 5.65. The zero-order valence-corrected chi connectivity index (χ0v) is 12.8. The van der Waals surface area contributed by atoms with Gasteiger partial charge in [0, 0.05) is 18.2 Å². The highest BCUT2D eigenvalue weighted by Gasteiger charge is 2.29. The third-order valence-electron chi connectivity index (χ3n) is 4.12. The number of likely N-dealkylation sites (tertiary alicyclic amines) is 1. The number of nitro groups is 1. The molecule has 1 aliphatic rings. The molecule has 0 unspecified atom stereocenters. The maximum absolute atomic E-state index is 12.3. The zero-order chi connectivity index (χ0) is 16.3. The van der Waals surface area contributed by atoms with Crippen LogP contribution >= 0.6 is 0 Å². The standard InChI is InChI=1S/C15H21N3O4/c1-10-5-6-12(8-14(10)18(21)22)11(2)16-15(20)17-7-3-4-13(17)9-19/h5-6,8,11,13,19H,3-4,7,9H2,1-2H3,(H,16,20)/t11-,13-/m1/s1. The maximum Gasteiger partial charge on any atom is 0.318 e. The van der Waals surface area contributed by atoms with Crippen LogP contribution in [0.5, 0.6) is 0 Å². The first-order valence-corrected chi connectivity index (χ1v) is 7.37. The van der Waals surface area contributed by atoms with Crippen LogP contribution in [0.25, 0.3) is 0 Å². The molecule has 22 heavy (non-hydrogen) atoms. The smallest absolute Gasteiger partial charge is 0.318 e. The van der Waals surface area contributed by atoms with Gasteiger partial charge in [0.25, 0.3) is 5.69 Å². The van der Waals surface area contributed by atoms with E-state index in [4.69, 9.17) is 0 Å². The van der Waals surface area contributed by atoms with E-state index in [0.29, 0.717) is 17.7 Å². The van der Waals surface area contributed by atoms with Gasteiger partial charge in [-0.05, 0) is 32.3 Å². The molecule has 2 N–H and O–H groups in total. The summed E-state index contributed by atoms with van der Waals surface area (Å²) in [5.41, 5.74) is 1.32. The molecule has 0 aromatic heterocycles. The largest absolute Gasteiger partial charge is 0.394 e. The molecular weight excluding hydrogens is 286 g/mol. The first-order chi connectivity index (χ1) is 10.4. The minimum absolute atomic E-state index is 0.0438. The quantitative estimate of drug-likeness (QED) is 0.658. The van der Waals surface area contributed by atoms with Gasteiger partial charge in [-0.3, -0.25) is 10.1 Å². The number of nitrogens with one attached hydrogen (secondary N) is 1. The Hall–Kier alpha value is -2.15. The fourth-order valence-corrected chi connectivity index (χ4v) is 2.74. The number of carbonyl (C=O) groups excluding carboxylic acids is 1. The van der Waals surface area contributed by atoms with Gasteiger partial charge in [0.1, 0.15) is 0 Å². The highest BCUT2D eigenvalue weighted by molar-refractivity contribution is 5.75. The van der Waals surface area contributed by atoms with E-state index in [1.54, 1.807) is 30.9 Å². The molecule has 1 aromatic rings. The number of rotatable bonds is 4. The fraction of sp³-hybridized carbons (Fsp3) is 0.533. The molecule has 7 nitrogen and oxygen atoms in total. The van der Waals surface area contributed by atoms with Crippen molar-refractivity contribution in [3.63, 3.8) is 0 Å². The van der Waals surface area contributed by atoms with Crippen LogP contribution in [0.4, 0.5) is 10.5 Å². The van der Waals surface area contributed by atoms with Gasteiger partial charge >= 0.3 is 6.03 Å². The Morgan fingerprint density at radius 3 is 2.95 bits per heavy atom. The Morgan fingerprint density at radius 2 is 2.32 bits per heavy atom. The second-order valence-electron chi connectivity index (χ2n) is 5.65. The molecule has 1 fully saturated rings. The number of nitro benzene ring substituents is 1. The molecule has 1 aromatic carbocycles. The summed E-state index contributed by atoms with van der Waals surface area (Å²) in [6.45, 7) is 4.05. The first-order valence-electron chi connectivity index (χ1n) is 7.37. The third kappa shape index (κ3) is 3.36. The summed E-state index contributed by atoms with van der Waals surface area (Å²) < 4.78 is 0. The van der Waals surface area contributed by atoms with Crippen LogP contribution in [0.1, 0.15) is 36.9 Å². The van der Waals surface area contributed by atoms with Gasteiger partial charge in [0.2, 0.25) is 0 Å². The van der Waals surface area contributed by atoms with Crippen molar-refractivity contribution in [2.45, 2.75) is 38.8 Å². The number of nitrogens with zero attached hydrogens (tertiary/aromatic N) is 2. The van der Waals surface area contributed by atoms with Crippen LogP contribution in [0.15, 0.2) is 18.2 Å². The van der Waals surface area contributed by atoms with Gasteiger partial charge in [-0.15, -0.1) is 0 Å². The monoisotopic (exact) mass is 307 g/mol. The van der Waals surface area contributed by atoms with E-state index in [1.807, 2.05) is 0 Å². The molecule has 2 atom stereocenters. The summed E-state index contributed by atoms with van der Waals surface area (Å²) in [4.78, 5) is 24.4. The third-order valence-corrected chi connectivity index (χ3v) is 4.12. The molecule has 1 saturated heterocycles. The molecule has 0 aliphatic carbocycles. The van der Waals surface area contributed by atoms with Crippen molar-refractivity contribution >= 4 is 11.7 Å². The van der Waals surface area contributed by atoms with Crippen LogP contribution in [-0.2, 0) is 0 Å². The van der Waals surface area contributed by atoms with Gasteiger partial charge in [-0.25, -0.2) is 4.79 Å². The second kappa shape index (κ2) is 6.74. The lowest BCUT2D eigenvalue weighted by atomic mass is 10.0. The summed E-state index contributed by atoms with van der Waals surface area (Å²) in [7, 11) is 0. The van der Waals surface area contributed by atoms with Crippen molar-refractivity contribution in [2.24, 2.45) is 0 Å². The van der Waals surface area contributed by atoms with Crippen molar-refractivity contribution in [1.82, 2.24) is 10.2 Å². The topological polar surface area (TPSA) is 95.7 Å². The van der Waals surface area contributed by atoms with E-state index in [0.717, 1.165) is 12.8 Å². The van der Waals surface area contributed by atoms with Crippen molar-refractivity contribution in [1.29, 1.82) is 0 Å². The van der Waals surface area contributed by atoms with E-state index < -0.39 is 4.92 Å². The Morgan fingerprint density at radius 1 is 1.59 bits per heavy atom. The molecular formula is C15H21N3O4. The molecule has 0 radical (unpaired) electrons. The lowest BCUT2D eigenvalue weighted by Crippen LogP contribution is -2.44. The van der Waals surface area contributed by atoms with Gasteiger partial charge in [0.05, 0.1) is 23.6 Å². The summed E-state index contributed by atoms with van der Waals surface area (Å²) in [6.07, 6.45) is 1.68. The number of hydrogen-bond donors (Lipinski definition) is 2. The normalized spacial score (nSPS) is 19.0. The van der Waals surface area contributed by atoms with Gasteiger partial charge in [-0.1, -0.05) is 12.1 Å². The van der Waals surface area contributed by atoms with Gasteiger partial charge in [0.15, 0.2) is 0 Å². The summed E-state index contributed by atoms with van der Waals surface area (Å²) in [6, 6.07) is 4.23. The van der Waals surface area contributed by atoms with Crippen molar-refractivity contribution in [3.05, 3.63) is 39.4 Å². The number of urea groups is 1. The summed E-state index contributed by atoms with van der Waals surface area (Å²) in [5, 5.41) is 23.1.